The Morgan fingerprint density at radius 2 is 1.02 bits per heavy atom. The number of rotatable bonds is 34. The van der Waals surface area contributed by atoms with Gasteiger partial charge in [-0.3, -0.25) is 9.59 Å². The van der Waals surface area contributed by atoms with E-state index in [0.717, 1.165) is 103 Å². The second-order valence-corrected chi connectivity index (χ2v) is 14.1. The van der Waals surface area contributed by atoms with Crippen molar-refractivity contribution >= 4 is 17.9 Å². The van der Waals surface area contributed by atoms with E-state index >= 15 is 0 Å². The van der Waals surface area contributed by atoms with Crippen molar-refractivity contribution in [3.63, 3.8) is 0 Å². The number of unbranched alkanes of at least 4 members (excludes halogenated alkanes) is 8. The fourth-order valence-electron chi connectivity index (χ4n) is 5.29. The van der Waals surface area contributed by atoms with Gasteiger partial charge in [0.2, 0.25) is 0 Å². The predicted octanol–water partition coefficient (Wildman–Crippen LogP) is 10.4. The predicted molar refractivity (Wildman–Crippen MR) is 215 cm³/mol. The molecule has 0 saturated heterocycles. The first-order chi connectivity index (χ1) is 25.1. The number of carboxylic acid groups (broad SMARTS) is 1. The van der Waals surface area contributed by atoms with Gasteiger partial charge in [-0.05, 0) is 77.0 Å². The molecule has 0 aliphatic heterocycles. The van der Waals surface area contributed by atoms with E-state index in [9.17, 15) is 19.5 Å². The SMILES string of the molecule is CC/C=C\C/C=C\C/C=C\CCCCCCCC(=O)OC(COCCC(C(=O)O)[N+](C)(C)C)COC(=O)CCCCC/C=C\C/C=C\C/C=C\CC. The van der Waals surface area contributed by atoms with Gasteiger partial charge in [-0.2, -0.15) is 0 Å². The Bertz CT molecular complexity index is 1080. The van der Waals surface area contributed by atoms with Gasteiger partial charge in [-0.1, -0.05) is 112 Å². The number of carbonyl (C=O) groups excluding carboxylic acids is 2. The number of nitrogens with zero attached hydrogens (tertiary/aromatic N) is 1. The number of ether oxygens (including phenoxy) is 3. The minimum Gasteiger partial charge on any atom is -0.477 e. The smallest absolute Gasteiger partial charge is 0.362 e. The van der Waals surface area contributed by atoms with E-state index in [4.69, 9.17) is 14.2 Å². The molecule has 0 radical (unpaired) electrons. The van der Waals surface area contributed by atoms with E-state index in [1.165, 1.54) is 0 Å². The lowest BCUT2D eigenvalue weighted by Gasteiger charge is -2.31. The molecule has 0 heterocycles. The van der Waals surface area contributed by atoms with Crippen LogP contribution in [0.3, 0.4) is 0 Å². The second-order valence-electron chi connectivity index (χ2n) is 14.1. The number of hydrogen-bond acceptors (Lipinski definition) is 6. The van der Waals surface area contributed by atoms with E-state index < -0.39 is 18.1 Å². The molecule has 8 nitrogen and oxygen atoms in total. The lowest BCUT2D eigenvalue weighted by atomic mass is 10.1. The number of hydrogen-bond donors (Lipinski definition) is 1. The van der Waals surface area contributed by atoms with Gasteiger partial charge in [0.15, 0.2) is 12.1 Å². The topological polar surface area (TPSA) is 99.1 Å². The summed E-state index contributed by atoms with van der Waals surface area (Å²) in [7, 11) is 5.49. The van der Waals surface area contributed by atoms with Crippen LogP contribution in [0.2, 0.25) is 0 Å². The second kappa shape index (κ2) is 34.8. The zero-order valence-electron chi connectivity index (χ0n) is 33.5. The van der Waals surface area contributed by atoms with Gasteiger partial charge < -0.3 is 23.8 Å². The van der Waals surface area contributed by atoms with Crippen LogP contribution < -0.4 is 0 Å². The lowest BCUT2D eigenvalue weighted by Crippen LogP contribution is -2.50. The van der Waals surface area contributed by atoms with E-state index in [-0.39, 0.29) is 36.2 Å². The Morgan fingerprint density at radius 3 is 1.52 bits per heavy atom. The summed E-state index contributed by atoms with van der Waals surface area (Å²) < 4.78 is 17.2. The molecule has 2 unspecified atom stereocenters. The zero-order chi connectivity index (χ0) is 38.5. The van der Waals surface area contributed by atoms with Crippen molar-refractivity contribution < 1.29 is 38.2 Å². The van der Waals surface area contributed by atoms with Crippen LogP contribution >= 0.6 is 0 Å². The fourth-order valence-corrected chi connectivity index (χ4v) is 5.29. The molecular formula is C44H74NO7+. The van der Waals surface area contributed by atoms with Crippen LogP contribution in [0.25, 0.3) is 0 Å². The van der Waals surface area contributed by atoms with Crippen LogP contribution in [0.4, 0.5) is 0 Å². The summed E-state index contributed by atoms with van der Waals surface area (Å²) >= 11 is 0. The van der Waals surface area contributed by atoms with Gasteiger partial charge in [-0.15, -0.1) is 0 Å². The summed E-state index contributed by atoms with van der Waals surface area (Å²) in [6, 6.07) is -0.625. The summed E-state index contributed by atoms with van der Waals surface area (Å²) in [6.07, 6.45) is 42.3. The molecule has 0 bridgehead atoms. The molecule has 0 rings (SSSR count). The highest BCUT2D eigenvalue weighted by Crippen LogP contribution is 2.12. The van der Waals surface area contributed by atoms with Crippen molar-refractivity contribution in [3.05, 3.63) is 72.9 Å². The third-order valence-electron chi connectivity index (χ3n) is 8.35. The molecule has 0 saturated carbocycles. The van der Waals surface area contributed by atoms with Crippen molar-refractivity contribution in [3.8, 4) is 0 Å². The maximum Gasteiger partial charge on any atom is 0.362 e. The van der Waals surface area contributed by atoms with Crippen molar-refractivity contribution in [2.75, 3.05) is 41.0 Å². The van der Waals surface area contributed by atoms with Crippen LogP contribution in [-0.2, 0) is 28.6 Å². The average molecular weight is 729 g/mol. The standard InChI is InChI=1S/C44H73NO7/c1-6-8-10-12-14-16-18-20-21-23-25-27-29-31-33-35-43(47)52-40(38-50-37-36-41(44(48)49)45(3,4)5)39-51-42(46)34-32-30-28-26-24-22-19-17-15-13-11-9-7-2/h8-11,14-17,20-22,24,40-41H,6-7,12-13,18-19,23,25-39H2,1-5H3/p+1/b10-8-,11-9-,16-14-,17-15-,21-20-,24-22-. The molecule has 296 valence electrons. The van der Waals surface area contributed by atoms with Crippen molar-refractivity contribution in [1.29, 1.82) is 0 Å². The Morgan fingerprint density at radius 1 is 0.577 bits per heavy atom. The number of carbonyl (C=O) groups is 3. The van der Waals surface area contributed by atoms with E-state index in [1.807, 2.05) is 21.1 Å². The Labute approximate surface area is 317 Å². The third kappa shape index (κ3) is 32.7. The molecule has 0 spiro atoms. The Balaban J connectivity index is 4.49. The highest BCUT2D eigenvalue weighted by molar-refractivity contribution is 5.72. The molecular weight excluding hydrogens is 654 g/mol. The van der Waals surface area contributed by atoms with Crippen LogP contribution in [-0.4, -0.2) is 80.6 Å². The zero-order valence-corrected chi connectivity index (χ0v) is 33.5. The molecule has 0 aromatic carbocycles. The third-order valence-corrected chi connectivity index (χ3v) is 8.35. The summed E-state index contributed by atoms with van der Waals surface area (Å²) in [5.41, 5.74) is 0. The van der Waals surface area contributed by atoms with Gasteiger partial charge in [0.1, 0.15) is 6.61 Å². The highest BCUT2D eigenvalue weighted by atomic mass is 16.6. The van der Waals surface area contributed by atoms with Crippen LogP contribution in [0.5, 0.6) is 0 Å². The summed E-state index contributed by atoms with van der Waals surface area (Å²) in [4.78, 5) is 36.8. The van der Waals surface area contributed by atoms with Crippen molar-refractivity contribution in [1.82, 2.24) is 0 Å². The minimum atomic E-state index is -0.886. The number of esters is 2. The minimum absolute atomic E-state index is 0.0404. The largest absolute Gasteiger partial charge is 0.477 e. The first-order valence-corrected chi connectivity index (χ1v) is 20.0. The van der Waals surface area contributed by atoms with E-state index in [0.29, 0.717) is 19.3 Å². The van der Waals surface area contributed by atoms with E-state index in [1.54, 1.807) is 0 Å². The molecule has 2 atom stereocenters. The maximum absolute atomic E-state index is 12.7. The summed E-state index contributed by atoms with van der Waals surface area (Å²) in [5.74, 6) is -1.54. The number of quaternary nitrogens is 1. The first kappa shape index (κ1) is 48.8. The van der Waals surface area contributed by atoms with Gasteiger partial charge in [0, 0.05) is 19.3 Å². The highest BCUT2D eigenvalue weighted by Gasteiger charge is 2.31. The number of likely N-dealkylation sites (N-methyl/N-ethyl adjacent to an activating group) is 1. The van der Waals surface area contributed by atoms with Gasteiger partial charge in [-0.25, -0.2) is 4.79 Å². The maximum atomic E-state index is 12.7. The molecule has 52 heavy (non-hydrogen) atoms. The Hall–Kier alpha value is -3.23. The molecule has 0 aliphatic carbocycles. The van der Waals surface area contributed by atoms with Gasteiger partial charge in [0.25, 0.3) is 0 Å². The summed E-state index contributed by atoms with van der Waals surface area (Å²) in [6.45, 7) is 4.43. The molecule has 0 aromatic rings. The first-order valence-electron chi connectivity index (χ1n) is 20.0. The molecule has 0 aromatic heterocycles. The molecule has 0 amide bonds. The van der Waals surface area contributed by atoms with Gasteiger partial charge >= 0.3 is 17.9 Å². The van der Waals surface area contributed by atoms with E-state index in [2.05, 4.69) is 86.8 Å². The monoisotopic (exact) mass is 729 g/mol. The van der Waals surface area contributed by atoms with Gasteiger partial charge in [0.05, 0.1) is 34.4 Å². The number of aliphatic carboxylic acids is 1. The summed E-state index contributed by atoms with van der Waals surface area (Å²) in [5, 5.41) is 9.59. The molecule has 0 fully saturated rings. The lowest BCUT2D eigenvalue weighted by molar-refractivity contribution is -0.887. The van der Waals surface area contributed by atoms with Crippen LogP contribution in [0.1, 0.15) is 136 Å². The van der Waals surface area contributed by atoms with Crippen molar-refractivity contribution in [2.24, 2.45) is 0 Å². The quantitative estimate of drug-likeness (QED) is 0.0305. The average Bonchev–Trinajstić information content (AvgIpc) is 3.09. The molecule has 1 N–H and O–H groups in total. The normalized spacial score (nSPS) is 13.8. The number of carboxylic acids is 1. The molecule has 0 aliphatic rings. The van der Waals surface area contributed by atoms with Crippen LogP contribution in [0.15, 0.2) is 72.9 Å². The number of allylic oxidation sites excluding steroid dienone is 12. The fraction of sp³-hybridized carbons (Fsp3) is 0.659. The Kier molecular flexibility index (Phi) is 32.7. The molecule has 8 heteroatoms. The van der Waals surface area contributed by atoms with Crippen LogP contribution in [0, 0.1) is 0 Å². The van der Waals surface area contributed by atoms with Crippen molar-refractivity contribution in [2.45, 2.75) is 148 Å².